The molecule has 0 radical (unpaired) electrons. The van der Waals surface area contributed by atoms with Crippen LogP contribution in [0.1, 0.15) is 52.9 Å². The predicted molar refractivity (Wildman–Crippen MR) is 102 cm³/mol. The minimum atomic E-state index is -0.832. The summed E-state index contributed by atoms with van der Waals surface area (Å²) in [6, 6.07) is 0. The van der Waals surface area contributed by atoms with Crippen LogP contribution in [0.4, 0.5) is 0 Å². The number of rotatable bonds is 10. The highest BCUT2D eigenvalue weighted by molar-refractivity contribution is 6.01. The fourth-order valence-corrected chi connectivity index (χ4v) is 2.47. The number of imide groups is 1. The third-order valence-corrected chi connectivity index (χ3v) is 3.92. The lowest BCUT2D eigenvalue weighted by molar-refractivity contribution is -0.197. The number of ether oxygens (including phenoxy) is 1. The van der Waals surface area contributed by atoms with E-state index in [2.05, 4.69) is 0 Å². The van der Waals surface area contributed by atoms with Gasteiger partial charge in [0.2, 0.25) is 5.91 Å². The monoisotopic (exact) mass is 413 g/mol. The van der Waals surface area contributed by atoms with Gasteiger partial charge in [0.1, 0.15) is 5.60 Å². The Balaban J connectivity index is 2.54. The topological polar surface area (TPSA) is 114 Å². The van der Waals surface area contributed by atoms with Crippen LogP contribution in [0.3, 0.4) is 0 Å². The van der Waals surface area contributed by atoms with Gasteiger partial charge in [0, 0.05) is 38.9 Å². The molecule has 0 N–H and O–H groups in total. The van der Waals surface area contributed by atoms with Crippen LogP contribution >= 0.6 is 0 Å². The van der Waals surface area contributed by atoms with Gasteiger partial charge >= 0.3 is 11.9 Å². The minimum Gasteiger partial charge on any atom is -0.460 e. The van der Waals surface area contributed by atoms with Crippen LogP contribution < -0.4 is 0 Å². The van der Waals surface area contributed by atoms with E-state index in [1.54, 1.807) is 20.8 Å². The Morgan fingerprint density at radius 1 is 0.897 bits per heavy atom. The molecule has 1 heterocycles. The Hall–Kier alpha value is -2.49. The van der Waals surface area contributed by atoms with Gasteiger partial charge in [-0.3, -0.25) is 19.2 Å². The molecule has 0 saturated carbocycles. The lowest BCUT2D eigenvalue weighted by Crippen LogP contribution is -2.39. The highest BCUT2D eigenvalue weighted by Gasteiger charge is 2.33. The zero-order valence-corrected chi connectivity index (χ0v) is 17.9. The Morgan fingerprint density at radius 3 is 2.00 bits per heavy atom. The van der Waals surface area contributed by atoms with Crippen molar-refractivity contribution in [2.24, 2.45) is 0 Å². The first-order valence-corrected chi connectivity index (χ1v) is 9.60. The van der Waals surface area contributed by atoms with Gasteiger partial charge in [0.25, 0.3) is 11.8 Å². The number of hydrogen-bond donors (Lipinski definition) is 0. The summed E-state index contributed by atoms with van der Waals surface area (Å²) in [6.45, 7) is 6.43. The number of hydrogen-bond acceptors (Lipinski definition) is 8. The average Bonchev–Trinajstić information content (AvgIpc) is 2.90. The van der Waals surface area contributed by atoms with Crippen LogP contribution in [0.2, 0.25) is 0 Å². The Labute approximate surface area is 171 Å². The summed E-state index contributed by atoms with van der Waals surface area (Å²) < 4.78 is 5.26. The van der Waals surface area contributed by atoms with E-state index in [9.17, 15) is 24.0 Å². The summed E-state index contributed by atoms with van der Waals surface area (Å²) in [7, 11) is 3.72. The molecule has 0 spiro atoms. The number of carbonyl (C=O) groups excluding carboxylic acids is 5. The van der Waals surface area contributed by atoms with Crippen LogP contribution in [0.15, 0.2) is 0 Å². The van der Waals surface area contributed by atoms with Gasteiger partial charge in [-0.2, -0.15) is 0 Å². The number of likely N-dealkylation sites (N-methyl/N-ethyl adjacent to an activating group) is 1. The molecule has 0 aromatic carbocycles. The molecule has 0 bridgehead atoms. The van der Waals surface area contributed by atoms with E-state index >= 15 is 0 Å². The van der Waals surface area contributed by atoms with Crippen LogP contribution in [0.25, 0.3) is 0 Å². The second-order valence-electron chi connectivity index (χ2n) is 8.07. The van der Waals surface area contributed by atoms with E-state index in [0.29, 0.717) is 18.2 Å². The van der Waals surface area contributed by atoms with Crippen molar-refractivity contribution in [2.45, 2.75) is 58.5 Å². The molecular weight excluding hydrogens is 382 g/mol. The average molecular weight is 413 g/mol. The second kappa shape index (κ2) is 10.9. The van der Waals surface area contributed by atoms with Crippen molar-refractivity contribution < 1.29 is 33.5 Å². The fourth-order valence-electron chi connectivity index (χ4n) is 2.47. The molecule has 0 aliphatic carbocycles. The van der Waals surface area contributed by atoms with Gasteiger partial charge in [0.15, 0.2) is 0 Å². The van der Waals surface area contributed by atoms with E-state index in [0.717, 1.165) is 0 Å². The first-order valence-electron chi connectivity index (χ1n) is 9.60. The molecule has 1 aliphatic rings. The number of esters is 1. The molecule has 0 aromatic heterocycles. The Morgan fingerprint density at radius 2 is 1.48 bits per heavy atom. The standard InChI is InChI=1S/C19H31N3O7/c1-19(2,3)28-17(26)10-11-21(13-12-20(4)5)14(23)8-9-18(27)29-22-15(24)6-7-16(22)25/h6-13H2,1-5H3. The molecule has 3 amide bonds. The maximum absolute atomic E-state index is 12.5. The minimum absolute atomic E-state index is 0.00796. The highest BCUT2D eigenvalue weighted by atomic mass is 16.7. The van der Waals surface area contributed by atoms with Crippen LogP contribution in [0.5, 0.6) is 0 Å². The maximum atomic E-state index is 12.5. The lowest BCUT2D eigenvalue weighted by atomic mass is 10.2. The molecular formula is C19H31N3O7. The molecule has 29 heavy (non-hydrogen) atoms. The number of amides is 3. The maximum Gasteiger partial charge on any atom is 0.333 e. The number of hydroxylamine groups is 2. The van der Waals surface area contributed by atoms with Crippen LogP contribution in [0, 0.1) is 0 Å². The number of carbonyl (C=O) groups is 5. The highest BCUT2D eigenvalue weighted by Crippen LogP contribution is 2.13. The normalized spacial score (nSPS) is 14.3. The van der Waals surface area contributed by atoms with Gasteiger partial charge in [0.05, 0.1) is 12.8 Å². The van der Waals surface area contributed by atoms with E-state index in [1.807, 2.05) is 19.0 Å². The van der Waals surface area contributed by atoms with Crippen molar-refractivity contribution in [1.29, 1.82) is 0 Å². The second-order valence-corrected chi connectivity index (χ2v) is 8.07. The summed E-state index contributed by atoms with van der Waals surface area (Å²) in [6.07, 6.45) is -0.378. The van der Waals surface area contributed by atoms with Gasteiger partial charge in [-0.25, -0.2) is 4.79 Å². The molecule has 10 heteroatoms. The largest absolute Gasteiger partial charge is 0.460 e. The van der Waals surface area contributed by atoms with Crippen molar-refractivity contribution in [2.75, 3.05) is 33.7 Å². The quantitative estimate of drug-likeness (QED) is 0.376. The van der Waals surface area contributed by atoms with Gasteiger partial charge in [-0.1, -0.05) is 0 Å². The summed E-state index contributed by atoms with van der Waals surface area (Å²) in [4.78, 5) is 67.4. The lowest BCUT2D eigenvalue weighted by Gasteiger charge is -2.25. The Bertz CT molecular complexity index is 624. The zero-order chi connectivity index (χ0) is 22.2. The molecule has 1 fully saturated rings. The summed E-state index contributed by atoms with van der Waals surface area (Å²) in [5.41, 5.74) is -0.607. The van der Waals surface area contributed by atoms with Gasteiger partial charge in [-0.15, -0.1) is 5.06 Å². The van der Waals surface area contributed by atoms with E-state index < -0.39 is 29.4 Å². The van der Waals surface area contributed by atoms with Crippen LogP contribution in [-0.4, -0.2) is 83.9 Å². The van der Waals surface area contributed by atoms with E-state index in [-0.39, 0.29) is 44.6 Å². The van der Waals surface area contributed by atoms with Crippen molar-refractivity contribution in [3.63, 3.8) is 0 Å². The Kier molecular flexibility index (Phi) is 9.22. The molecule has 1 rings (SSSR count). The molecule has 1 aliphatic heterocycles. The summed E-state index contributed by atoms with van der Waals surface area (Å²) >= 11 is 0. The van der Waals surface area contributed by atoms with Crippen LogP contribution in [-0.2, 0) is 33.5 Å². The van der Waals surface area contributed by atoms with E-state index in [1.165, 1.54) is 4.90 Å². The molecule has 164 valence electrons. The van der Waals surface area contributed by atoms with Crippen molar-refractivity contribution in [3.05, 3.63) is 0 Å². The zero-order valence-electron chi connectivity index (χ0n) is 17.9. The van der Waals surface area contributed by atoms with E-state index in [4.69, 9.17) is 9.57 Å². The molecule has 0 aromatic rings. The van der Waals surface area contributed by atoms with Gasteiger partial charge in [-0.05, 0) is 34.9 Å². The third kappa shape index (κ3) is 9.51. The first kappa shape index (κ1) is 24.5. The predicted octanol–water partition coefficient (Wildman–Crippen LogP) is 0.496. The summed E-state index contributed by atoms with van der Waals surface area (Å²) in [5.74, 6) is -2.71. The fraction of sp³-hybridized carbons (Fsp3) is 0.737. The third-order valence-electron chi connectivity index (χ3n) is 3.92. The molecule has 10 nitrogen and oxygen atoms in total. The smallest absolute Gasteiger partial charge is 0.333 e. The molecule has 0 atom stereocenters. The number of nitrogens with zero attached hydrogens (tertiary/aromatic N) is 3. The SMILES string of the molecule is CN(C)CCN(CCC(=O)OC(C)(C)C)C(=O)CCC(=O)ON1C(=O)CCC1=O. The molecule has 0 unspecified atom stereocenters. The molecule has 1 saturated heterocycles. The first-order chi connectivity index (χ1) is 13.4. The van der Waals surface area contributed by atoms with Crippen molar-refractivity contribution in [1.82, 2.24) is 14.9 Å². The van der Waals surface area contributed by atoms with Crippen molar-refractivity contribution >= 4 is 29.7 Å². The van der Waals surface area contributed by atoms with Crippen molar-refractivity contribution in [3.8, 4) is 0 Å². The summed E-state index contributed by atoms with van der Waals surface area (Å²) in [5, 5.41) is 0.457. The van der Waals surface area contributed by atoms with Gasteiger partial charge < -0.3 is 19.4 Å².